The van der Waals surface area contributed by atoms with E-state index in [1.807, 2.05) is 13.8 Å². The molecule has 3 rings (SSSR count). The van der Waals surface area contributed by atoms with Gasteiger partial charge in [0.2, 0.25) is 11.0 Å². The van der Waals surface area contributed by atoms with Crippen LogP contribution in [-0.4, -0.2) is 33.0 Å². The lowest BCUT2D eigenvalue weighted by molar-refractivity contribution is -0.384. The van der Waals surface area contributed by atoms with E-state index in [9.17, 15) is 19.7 Å². The molecule has 0 saturated carbocycles. The van der Waals surface area contributed by atoms with Crippen molar-refractivity contribution >= 4 is 45.6 Å². The van der Waals surface area contributed by atoms with Crippen LogP contribution in [0.1, 0.15) is 30.6 Å². The highest BCUT2D eigenvalue weighted by Crippen LogP contribution is 2.27. The van der Waals surface area contributed by atoms with Gasteiger partial charge < -0.3 is 5.32 Å². The lowest BCUT2D eigenvalue weighted by Gasteiger charge is -2.23. The average Bonchev–Trinajstić information content (AvgIpc) is 3.25. The summed E-state index contributed by atoms with van der Waals surface area (Å²) in [5, 5.41) is 26.0. The first-order valence-electron chi connectivity index (χ1n) is 9.74. The van der Waals surface area contributed by atoms with Crippen molar-refractivity contribution in [2.45, 2.75) is 26.3 Å². The Morgan fingerprint density at radius 1 is 1.19 bits per heavy atom. The fourth-order valence-corrected chi connectivity index (χ4v) is 3.73. The van der Waals surface area contributed by atoms with Crippen molar-refractivity contribution in [1.82, 2.24) is 15.5 Å². The van der Waals surface area contributed by atoms with Gasteiger partial charge in [-0.25, -0.2) is 0 Å². The molecule has 2 atom stereocenters. The normalized spacial score (nSPS) is 12.6. The summed E-state index contributed by atoms with van der Waals surface area (Å²) in [6.45, 7) is 3.73. The highest BCUT2D eigenvalue weighted by Gasteiger charge is 2.27. The quantitative estimate of drug-likeness (QED) is 0.365. The largest absolute Gasteiger partial charge is 0.340 e. The zero-order chi connectivity index (χ0) is 23.3. The van der Waals surface area contributed by atoms with Crippen LogP contribution in [0.4, 0.5) is 10.8 Å². The molecule has 0 fully saturated rings. The van der Waals surface area contributed by atoms with Crippen LogP contribution in [0.2, 0.25) is 5.02 Å². The molecule has 0 aliphatic heterocycles. The summed E-state index contributed by atoms with van der Waals surface area (Å²) in [6, 6.07) is 11.5. The zero-order valence-corrected chi connectivity index (χ0v) is 18.8. The van der Waals surface area contributed by atoms with Crippen molar-refractivity contribution in [2.24, 2.45) is 5.92 Å². The third kappa shape index (κ3) is 5.65. The number of benzene rings is 2. The number of nitro groups is 1. The number of carbonyl (C=O) groups is 2. The summed E-state index contributed by atoms with van der Waals surface area (Å²) in [7, 11) is 0. The second-order valence-electron chi connectivity index (χ2n) is 7.05. The first-order valence-corrected chi connectivity index (χ1v) is 10.9. The molecule has 2 aromatic carbocycles. The molecular weight excluding hydrogens is 454 g/mol. The van der Waals surface area contributed by atoms with Gasteiger partial charge in [-0.1, -0.05) is 61.4 Å². The third-order valence-corrected chi connectivity index (χ3v) is 5.99. The molecule has 9 nitrogen and oxygen atoms in total. The van der Waals surface area contributed by atoms with Crippen molar-refractivity contribution in [3.8, 4) is 10.6 Å². The van der Waals surface area contributed by atoms with Gasteiger partial charge in [0.1, 0.15) is 11.0 Å². The van der Waals surface area contributed by atoms with Crippen molar-refractivity contribution in [3.05, 3.63) is 69.2 Å². The van der Waals surface area contributed by atoms with Crippen LogP contribution < -0.4 is 10.6 Å². The van der Waals surface area contributed by atoms with Crippen LogP contribution in [0.15, 0.2) is 48.5 Å². The molecule has 0 spiro atoms. The number of carbonyl (C=O) groups excluding carboxylic acids is 2. The molecule has 32 heavy (non-hydrogen) atoms. The van der Waals surface area contributed by atoms with Crippen molar-refractivity contribution in [2.75, 3.05) is 5.32 Å². The number of nitro benzene ring substituents is 1. The maximum Gasteiger partial charge on any atom is 0.270 e. The van der Waals surface area contributed by atoms with Crippen molar-refractivity contribution in [3.63, 3.8) is 0 Å². The average molecular weight is 474 g/mol. The Labute approximate surface area is 193 Å². The first kappa shape index (κ1) is 23.3. The number of nitrogens with zero attached hydrogens (tertiary/aromatic N) is 3. The lowest BCUT2D eigenvalue weighted by Crippen LogP contribution is -2.47. The van der Waals surface area contributed by atoms with E-state index >= 15 is 0 Å². The minimum absolute atomic E-state index is 0.0984. The fraction of sp³-hybridized carbons (Fsp3) is 0.238. The van der Waals surface area contributed by atoms with Crippen molar-refractivity contribution < 1.29 is 14.5 Å². The van der Waals surface area contributed by atoms with Crippen LogP contribution in [0.25, 0.3) is 10.6 Å². The SMILES string of the molecule is CCC(C)C(NC(=O)c1cccc([N+](=O)[O-])c1)C(=O)Nc1nnc(-c2ccc(Cl)cc2)s1. The molecule has 0 aliphatic carbocycles. The van der Waals surface area contributed by atoms with E-state index in [2.05, 4.69) is 20.8 Å². The summed E-state index contributed by atoms with van der Waals surface area (Å²) in [5.74, 6) is -1.22. The van der Waals surface area contributed by atoms with E-state index in [1.54, 1.807) is 24.3 Å². The number of hydrogen-bond acceptors (Lipinski definition) is 7. The van der Waals surface area contributed by atoms with E-state index in [0.717, 1.165) is 5.56 Å². The summed E-state index contributed by atoms with van der Waals surface area (Å²) in [5.41, 5.74) is 0.705. The molecule has 3 aromatic rings. The van der Waals surface area contributed by atoms with Gasteiger partial charge in [-0.3, -0.25) is 25.0 Å². The molecule has 0 aliphatic rings. The molecular formula is C21H20ClN5O4S. The van der Waals surface area contributed by atoms with E-state index < -0.39 is 22.8 Å². The van der Waals surface area contributed by atoms with Crippen LogP contribution in [0.5, 0.6) is 0 Å². The molecule has 2 amide bonds. The highest BCUT2D eigenvalue weighted by atomic mass is 35.5. The summed E-state index contributed by atoms with van der Waals surface area (Å²) in [4.78, 5) is 36.0. The predicted molar refractivity (Wildman–Crippen MR) is 123 cm³/mol. The molecule has 166 valence electrons. The second kappa shape index (κ2) is 10.3. The first-order chi connectivity index (χ1) is 15.3. The Morgan fingerprint density at radius 3 is 2.56 bits per heavy atom. The topological polar surface area (TPSA) is 127 Å². The van der Waals surface area contributed by atoms with Crippen LogP contribution >= 0.6 is 22.9 Å². The van der Waals surface area contributed by atoms with Crippen molar-refractivity contribution in [1.29, 1.82) is 0 Å². The lowest BCUT2D eigenvalue weighted by atomic mass is 9.98. The summed E-state index contributed by atoms with van der Waals surface area (Å²) < 4.78 is 0. The maximum absolute atomic E-state index is 12.9. The number of anilines is 1. The van der Waals surface area contributed by atoms with E-state index in [-0.39, 0.29) is 22.3 Å². The molecule has 0 radical (unpaired) electrons. The summed E-state index contributed by atoms with van der Waals surface area (Å²) >= 11 is 7.10. The monoisotopic (exact) mass is 473 g/mol. The summed E-state index contributed by atoms with van der Waals surface area (Å²) in [6.07, 6.45) is 0.624. The van der Waals surface area contributed by atoms with Gasteiger partial charge >= 0.3 is 0 Å². The minimum atomic E-state index is -0.866. The van der Waals surface area contributed by atoms with Gasteiger partial charge in [0.15, 0.2) is 0 Å². The van der Waals surface area contributed by atoms with Crippen LogP contribution in [0.3, 0.4) is 0 Å². The molecule has 2 N–H and O–H groups in total. The number of amides is 2. The number of aromatic nitrogens is 2. The second-order valence-corrected chi connectivity index (χ2v) is 8.47. The van der Waals surface area contributed by atoms with Gasteiger partial charge in [-0.05, 0) is 24.1 Å². The van der Waals surface area contributed by atoms with E-state index in [4.69, 9.17) is 11.6 Å². The Balaban J connectivity index is 1.74. The number of rotatable bonds is 8. The third-order valence-electron chi connectivity index (χ3n) is 4.85. The van der Waals surface area contributed by atoms with Crippen LogP contribution in [0, 0.1) is 16.0 Å². The van der Waals surface area contributed by atoms with E-state index in [0.29, 0.717) is 16.5 Å². The maximum atomic E-state index is 12.9. The number of halogens is 1. The molecule has 0 saturated heterocycles. The van der Waals surface area contributed by atoms with Gasteiger partial charge in [0, 0.05) is 28.3 Å². The molecule has 11 heteroatoms. The Bertz CT molecular complexity index is 1140. The smallest absolute Gasteiger partial charge is 0.270 e. The highest BCUT2D eigenvalue weighted by molar-refractivity contribution is 7.18. The zero-order valence-electron chi connectivity index (χ0n) is 17.2. The molecule has 2 unspecified atom stereocenters. The van der Waals surface area contributed by atoms with Crippen LogP contribution in [-0.2, 0) is 4.79 Å². The van der Waals surface area contributed by atoms with Gasteiger partial charge in [0.05, 0.1) is 4.92 Å². The van der Waals surface area contributed by atoms with Gasteiger partial charge in [-0.15, -0.1) is 10.2 Å². The minimum Gasteiger partial charge on any atom is -0.340 e. The Hall–Kier alpha value is -3.37. The predicted octanol–water partition coefficient (Wildman–Crippen LogP) is 4.55. The Morgan fingerprint density at radius 2 is 1.91 bits per heavy atom. The van der Waals surface area contributed by atoms with Gasteiger partial charge in [0.25, 0.3) is 11.6 Å². The molecule has 0 bridgehead atoms. The van der Waals surface area contributed by atoms with E-state index in [1.165, 1.54) is 35.6 Å². The molecule has 1 aromatic heterocycles. The standard InChI is InChI=1S/C21H20ClN5O4S/c1-3-12(2)17(23-18(28)14-5-4-6-16(11-14)27(30)31)19(29)24-21-26-25-20(32-21)13-7-9-15(22)10-8-13/h4-12,17H,3H2,1-2H3,(H,23,28)(H,24,26,29). The number of nitrogens with one attached hydrogen (secondary N) is 2. The number of non-ortho nitro benzene ring substituents is 1. The fourth-order valence-electron chi connectivity index (χ4n) is 2.85. The molecule has 1 heterocycles. The number of hydrogen-bond donors (Lipinski definition) is 2. The van der Waals surface area contributed by atoms with Gasteiger partial charge in [-0.2, -0.15) is 0 Å². The Kier molecular flexibility index (Phi) is 7.49.